The molecule has 114 valence electrons. The van der Waals surface area contributed by atoms with Crippen molar-refractivity contribution in [1.29, 1.82) is 0 Å². The number of hydrogen-bond donors (Lipinski definition) is 0. The molecule has 0 aliphatic carbocycles. The Bertz CT molecular complexity index is 524. The van der Waals surface area contributed by atoms with Crippen LogP contribution >= 0.6 is 0 Å². The first-order chi connectivity index (χ1) is 10.0. The van der Waals surface area contributed by atoms with Crippen LogP contribution in [0.15, 0.2) is 18.2 Å². The van der Waals surface area contributed by atoms with Crippen LogP contribution < -0.4 is 0 Å². The molecule has 1 amide bonds. The third-order valence-electron chi connectivity index (χ3n) is 3.61. The number of amides is 1. The number of carbonyl (C=O) groups excluding carboxylic acids is 2. The molecule has 1 aliphatic heterocycles. The molecule has 0 bridgehead atoms. The van der Waals surface area contributed by atoms with Crippen molar-refractivity contribution in [2.24, 2.45) is 0 Å². The number of rotatable bonds is 3. The minimum absolute atomic E-state index is 0.281. The van der Waals surface area contributed by atoms with Gasteiger partial charge in [-0.25, -0.2) is 9.18 Å². The molecule has 2 rings (SSSR count). The van der Waals surface area contributed by atoms with Crippen LogP contribution in [0.1, 0.15) is 42.1 Å². The Hall–Kier alpha value is -1.91. The largest absolute Gasteiger partial charge is 0.464 e. The molecule has 21 heavy (non-hydrogen) atoms. The van der Waals surface area contributed by atoms with Gasteiger partial charge in [-0.05, 0) is 56.9 Å². The lowest BCUT2D eigenvalue weighted by Crippen LogP contribution is -2.48. The molecule has 0 aromatic heterocycles. The topological polar surface area (TPSA) is 46.6 Å². The second kappa shape index (κ2) is 6.70. The van der Waals surface area contributed by atoms with Crippen molar-refractivity contribution in [3.05, 3.63) is 35.1 Å². The summed E-state index contributed by atoms with van der Waals surface area (Å²) in [5, 5.41) is 0. The zero-order chi connectivity index (χ0) is 15.4. The molecular formula is C16H20FNO3. The number of aryl methyl sites for hydroxylation is 1. The molecule has 1 atom stereocenters. The quantitative estimate of drug-likeness (QED) is 0.805. The molecule has 0 spiro atoms. The van der Waals surface area contributed by atoms with Crippen molar-refractivity contribution >= 4 is 11.9 Å². The molecule has 1 fully saturated rings. The van der Waals surface area contributed by atoms with Gasteiger partial charge in [0, 0.05) is 12.1 Å². The summed E-state index contributed by atoms with van der Waals surface area (Å²) in [5.74, 6) is -1.13. The molecule has 1 unspecified atom stereocenters. The van der Waals surface area contributed by atoms with Gasteiger partial charge in [0.05, 0.1) is 6.61 Å². The molecule has 1 aromatic carbocycles. The van der Waals surface area contributed by atoms with Crippen molar-refractivity contribution in [3.63, 3.8) is 0 Å². The van der Waals surface area contributed by atoms with E-state index in [9.17, 15) is 14.0 Å². The normalized spacial score (nSPS) is 18.4. The third kappa shape index (κ3) is 3.60. The summed E-state index contributed by atoms with van der Waals surface area (Å²) in [5.41, 5.74) is 0.965. The van der Waals surface area contributed by atoms with Gasteiger partial charge in [0.1, 0.15) is 11.9 Å². The molecule has 1 saturated heterocycles. The SMILES string of the molecule is CCOC(=O)C1CCCCN1C(=O)c1cc(C)cc(F)c1. The van der Waals surface area contributed by atoms with Crippen LogP contribution in [0.25, 0.3) is 0 Å². The number of esters is 1. The Kier molecular flexibility index (Phi) is 4.94. The number of nitrogens with zero attached hydrogens (tertiary/aromatic N) is 1. The number of benzene rings is 1. The maximum Gasteiger partial charge on any atom is 0.328 e. The highest BCUT2D eigenvalue weighted by molar-refractivity contribution is 5.97. The predicted octanol–water partition coefficient (Wildman–Crippen LogP) is 2.69. The number of piperidine rings is 1. The smallest absolute Gasteiger partial charge is 0.328 e. The molecule has 0 radical (unpaired) electrons. The molecule has 0 N–H and O–H groups in total. The van der Waals surface area contributed by atoms with E-state index in [1.807, 2.05) is 0 Å². The Morgan fingerprint density at radius 3 is 2.76 bits per heavy atom. The Labute approximate surface area is 123 Å². The van der Waals surface area contributed by atoms with Gasteiger partial charge in [0.2, 0.25) is 0 Å². The van der Waals surface area contributed by atoms with E-state index in [0.29, 0.717) is 18.5 Å². The summed E-state index contributed by atoms with van der Waals surface area (Å²) in [6.45, 7) is 4.26. The van der Waals surface area contributed by atoms with Crippen molar-refractivity contribution in [2.45, 2.75) is 39.2 Å². The van der Waals surface area contributed by atoms with Crippen molar-refractivity contribution in [1.82, 2.24) is 4.90 Å². The van der Waals surface area contributed by atoms with Gasteiger partial charge in [-0.3, -0.25) is 4.79 Å². The molecular weight excluding hydrogens is 273 g/mol. The van der Waals surface area contributed by atoms with E-state index in [0.717, 1.165) is 12.8 Å². The molecule has 5 heteroatoms. The van der Waals surface area contributed by atoms with E-state index in [1.54, 1.807) is 19.9 Å². The first kappa shape index (κ1) is 15.5. The maximum absolute atomic E-state index is 13.5. The van der Waals surface area contributed by atoms with Crippen LogP contribution in [0.5, 0.6) is 0 Å². The summed E-state index contributed by atoms with van der Waals surface area (Å²) in [6, 6.07) is 3.67. The van der Waals surface area contributed by atoms with Gasteiger partial charge >= 0.3 is 5.97 Å². The maximum atomic E-state index is 13.5. The fourth-order valence-electron chi connectivity index (χ4n) is 2.68. The highest BCUT2D eigenvalue weighted by atomic mass is 19.1. The van der Waals surface area contributed by atoms with Crippen LogP contribution in [0, 0.1) is 12.7 Å². The summed E-state index contributed by atoms with van der Waals surface area (Å²) in [4.78, 5) is 26.1. The van der Waals surface area contributed by atoms with Crippen LogP contribution in [0.2, 0.25) is 0 Å². The average Bonchev–Trinajstić information content (AvgIpc) is 2.45. The lowest BCUT2D eigenvalue weighted by atomic mass is 10.0. The lowest BCUT2D eigenvalue weighted by molar-refractivity contribution is -0.149. The van der Waals surface area contributed by atoms with Gasteiger partial charge in [0.15, 0.2) is 0 Å². The number of likely N-dealkylation sites (tertiary alicyclic amines) is 1. The fourth-order valence-corrected chi connectivity index (χ4v) is 2.68. The fraction of sp³-hybridized carbons (Fsp3) is 0.500. The summed E-state index contributed by atoms with van der Waals surface area (Å²) in [6.07, 6.45) is 2.32. The highest BCUT2D eigenvalue weighted by Gasteiger charge is 2.33. The van der Waals surface area contributed by atoms with E-state index in [4.69, 9.17) is 4.74 Å². The molecule has 1 aromatic rings. The minimum atomic E-state index is -0.560. The summed E-state index contributed by atoms with van der Waals surface area (Å²) < 4.78 is 18.5. The number of carbonyl (C=O) groups is 2. The number of halogens is 1. The molecule has 1 aliphatic rings. The molecule has 0 saturated carbocycles. The van der Waals surface area contributed by atoms with Crippen LogP contribution in [0.3, 0.4) is 0 Å². The molecule has 1 heterocycles. The van der Waals surface area contributed by atoms with E-state index < -0.39 is 11.9 Å². The summed E-state index contributed by atoms with van der Waals surface area (Å²) in [7, 11) is 0. The van der Waals surface area contributed by atoms with Gasteiger partial charge in [0.25, 0.3) is 5.91 Å². The zero-order valence-electron chi connectivity index (χ0n) is 12.4. The Morgan fingerprint density at radius 1 is 1.33 bits per heavy atom. The van der Waals surface area contributed by atoms with Gasteiger partial charge in [-0.2, -0.15) is 0 Å². The van der Waals surface area contributed by atoms with Crippen LogP contribution in [-0.4, -0.2) is 36.0 Å². The van der Waals surface area contributed by atoms with Crippen molar-refractivity contribution < 1.29 is 18.7 Å². The van der Waals surface area contributed by atoms with E-state index in [1.165, 1.54) is 17.0 Å². The number of hydrogen-bond acceptors (Lipinski definition) is 3. The highest BCUT2D eigenvalue weighted by Crippen LogP contribution is 2.21. The molecule has 4 nitrogen and oxygen atoms in total. The average molecular weight is 293 g/mol. The second-order valence-corrected chi connectivity index (χ2v) is 5.28. The zero-order valence-corrected chi connectivity index (χ0v) is 12.4. The van der Waals surface area contributed by atoms with E-state index in [-0.39, 0.29) is 24.0 Å². The van der Waals surface area contributed by atoms with E-state index in [2.05, 4.69) is 0 Å². The monoisotopic (exact) mass is 293 g/mol. The van der Waals surface area contributed by atoms with Crippen molar-refractivity contribution in [3.8, 4) is 0 Å². The number of ether oxygens (including phenoxy) is 1. The first-order valence-electron chi connectivity index (χ1n) is 7.27. The van der Waals surface area contributed by atoms with Gasteiger partial charge < -0.3 is 9.64 Å². The van der Waals surface area contributed by atoms with Crippen molar-refractivity contribution in [2.75, 3.05) is 13.2 Å². The Balaban J connectivity index is 2.24. The van der Waals surface area contributed by atoms with Crippen LogP contribution in [-0.2, 0) is 9.53 Å². The predicted molar refractivity (Wildman–Crippen MR) is 76.4 cm³/mol. The van der Waals surface area contributed by atoms with E-state index >= 15 is 0 Å². The second-order valence-electron chi connectivity index (χ2n) is 5.28. The Morgan fingerprint density at radius 2 is 2.10 bits per heavy atom. The summed E-state index contributed by atoms with van der Waals surface area (Å²) >= 11 is 0. The van der Waals surface area contributed by atoms with Crippen LogP contribution in [0.4, 0.5) is 4.39 Å². The van der Waals surface area contributed by atoms with Gasteiger partial charge in [-0.1, -0.05) is 0 Å². The third-order valence-corrected chi connectivity index (χ3v) is 3.61. The van der Waals surface area contributed by atoms with Gasteiger partial charge in [-0.15, -0.1) is 0 Å². The standard InChI is InChI=1S/C16H20FNO3/c1-3-21-16(20)14-6-4-5-7-18(14)15(19)12-8-11(2)9-13(17)10-12/h8-10,14H,3-7H2,1-2H3. The first-order valence-corrected chi connectivity index (χ1v) is 7.27. The minimum Gasteiger partial charge on any atom is -0.464 e. The lowest BCUT2D eigenvalue weighted by Gasteiger charge is -2.34.